The molecule has 4 fully saturated rings. The summed E-state index contributed by atoms with van der Waals surface area (Å²) in [5.74, 6) is 0.949. The molecule has 1 N–H and O–H groups in total. The van der Waals surface area contributed by atoms with Gasteiger partial charge in [-0.1, -0.05) is 36.4 Å². The van der Waals surface area contributed by atoms with Gasteiger partial charge in [0.05, 0.1) is 18.8 Å². The Morgan fingerprint density at radius 2 is 1.81 bits per heavy atom. The molecule has 0 spiro atoms. The van der Waals surface area contributed by atoms with Crippen LogP contribution in [0.15, 0.2) is 54.1 Å². The number of nitrogens with zero attached hydrogens (tertiary/aromatic N) is 2. The molecule has 3 nitrogen and oxygen atoms in total. The number of hydrogen-bond acceptors (Lipinski definition) is 3. The Bertz CT molecular complexity index is 1160. The zero-order valence-electron chi connectivity index (χ0n) is 21.2. The van der Waals surface area contributed by atoms with Crippen LogP contribution in [0.4, 0.5) is 14.5 Å². The van der Waals surface area contributed by atoms with Crippen molar-refractivity contribution in [1.29, 1.82) is 0 Å². The Balaban J connectivity index is 1.16. The summed E-state index contributed by atoms with van der Waals surface area (Å²) >= 11 is 0. The summed E-state index contributed by atoms with van der Waals surface area (Å²) in [6, 6.07) is 18.4. The molecule has 36 heavy (non-hydrogen) atoms. The highest BCUT2D eigenvalue weighted by Gasteiger charge is 2.63. The van der Waals surface area contributed by atoms with Gasteiger partial charge >= 0.3 is 0 Å². The highest BCUT2D eigenvalue weighted by Crippen LogP contribution is 2.65. The summed E-state index contributed by atoms with van der Waals surface area (Å²) in [5, 5.41) is 3.43. The topological polar surface area (TPSA) is 18.5 Å². The van der Waals surface area contributed by atoms with E-state index in [1.165, 1.54) is 36.0 Å². The van der Waals surface area contributed by atoms with Crippen LogP contribution in [-0.4, -0.2) is 59.9 Å². The van der Waals surface area contributed by atoms with Crippen LogP contribution >= 0.6 is 0 Å². The van der Waals surface area contributed by atoms with Crippen molar-refractivity contribution in [3.8, 4) is 0 Å². The van der Waals surface area contributed by atoms with Gasteiger partial charge in [0.1, 0.15) is 6.17 Å². The Morgan fingerprint density at radius 3 is 2.53 bits per heavy atom. The summed E-state index contributed by atoms with van der Waals surface area (Å²) in [7, 11) is 0. The van der Waals surface area contributed by atoms with Crippen molar-refractivity contribution in [3.63, 3.8) is 0 Å². The maximum Gasteiger partial charge on any atom is 0.134 e. The highest BCUT2D eigenvalue weighted by atomic mass is 19.1. The highest BCUT2D eigenvalue weighted by molar-refractivity contribution is 5.79. The van der Waals surface area contributed by atoms with E-state index >= 15 is 0 Å². The first-order valence-electron chi connectivity index (χ1n) is 13.9. The number of likely N-dealkylation sites (tertiary alicyclic amines) is 1. The van der Waals surface area contributed by atoms with Crippen molar-refractivity contribution in [2.75, 3.05) is 31.6 Å². The van der Waals surface area contributed by atoms with Gasteiger partial charge in [-0.2, -0.15) is 0 Å². The second-order valence-electron chi connectivity index (χ2n) is 12.1. The van der Waals surface area contributed by atoms with E-state index in [4.69, 9.17) is 0 Å². The maximum absolute atomic E-state index is 14.7. The van der Waals surface area contributed by atoms with Gasteiger partial charge in [-0.25, -0.2) is 4.39 Å². The van der Waals surface area contributed by atoms with Crippen molar-refractivity contribution in [1.82, 2.24) is 9.80 Å². The SMILES string of the molecule is C[C@@H]1CC2=C(Cc3ccccc32)[C@@H](c2ccc(N[C@@H]3CN(CCCF)C[C@H]3F)cc2)N1C12CC(C1)C2. The lowest BCUT2D eigenvalue weighted by Gasteiger charge is -2.70. The fourth-order valence-electron chi connectivity index (χ4n) is 8.04. The Morgan fingerprint density at radius 1 is 1.03 bits per heavy atom. The Labute approximate surface area is 213 Å². The maximum atomic E-state index is 14.7. The average molecular weight is 490 g/mol. The number of hydrogen-bond donors (Lipinski definition) is 1. The minimum atomic E-state index is -0.923. The predicted octanol–water partition coefficient (Wildman–Crippen LogP) is 6.18. The summed E-state index contributed by atoms with van der Waals surface area (Å²) in [6.45, 7) is 3.76. The van der Waals surface area contributed by atoms with E-state index in [0.29, 0.717) is 43.7 Å². The fourth-order valence-corrected chi connectivity index (χ4v) is 8.04. The van der Waals surface area contributed by atoms with Crippen LogP contribution in [0, 0.1) is 5.92 Å². The number of anilines is 1. The zero-order chi connectivity index (χ0) is 24.4. The average Bonchev–Trinajstić information content (AvgIpc) is 3.36. The van der Waals surface area contributed by atoms with Gasteiger partial charge in [-0.3, -0.25) is 14.2 Å². The molecule has 2 aromatic rings. The summed E-state index contributed by atoms with van der Waals surface area (Å²) in [4.78, 5) is 4.92. The molecular formula is C31H37F2N3. The molecule has 190 valence electrons. The molecular weight excluding hydrogens is 452 g/mol. The molecule has 0 radical (unpaired) electrons. The lowest BCUT2D eigenvalue weighted by Crippen LogP contribution is -2.71. The number of fused-ring (bicyclic) bond motifs is 2. The molecule has 4 atom stereocenters. The molecule has 3 saturated carbocycles. The van der Waals surface area contributed by atoms with Gasteiger partial charge in [0.15, 0.2) is 0 Å². The Hall–Kier alpha value is -2.24. The minimum Gasteiger partial charge on any atom is -0.378 e. The molecule has 2 heterocycles. The van der Waals surface area contributed by atoms with Crippen molar-refractivity contribution < 1.29 is 8.78 Å². The van der Waals surface area contributed by atoms with Crippen LogP contribution in [0.5, 0.6) is 0 Å². The molecule has 4 aliphatic carbocycles. The Kier molecular flexibility index (Phi) is 5.52. The second kappa shape index (κ2) is 8.66. The predicted molar refractivity (Wildman–Crippen MR) is 142 cm³/mol. The fraction of sp³-hybridized carbons (Fsp3) is 0.548. The van der Waals surface area contributed by atoms with E-state index in [9.17, 15) is 8.78 Å². The van der Waals surface area contributed by atoms with Crippen LogP contribution in [0.25, 0.3) is 5.57 Å². The van der Waals surface area contributed by atoms with Crippen LogP contribution < -0.4 is 5.32 Å². The number of nitrogens with one attached hydrogen (secondary N) is 1. The van der Waals surface area contributed by atoms with Gasteiger partial charge in [-0.05, 0) is 91.3 Å². The minimum absolute atomic E-state index is 0.235. The van der Waals surface area contributed by atoms with E-state index in [-0.39, 0.29) is 12.7 Å². The summed E-state index contributed by atoms with van der Waals surface area (Å²) < 4.78 is 27.2. The monoisotopic (exact) mass is 489 g/mol. The molecule has 0 amide bonds. The third kappa shape index (κ3) is 3.57. The smallest absolute Gasteiger partial charge is 0.134 e. The van der Waals surface area contributed by atoms with Crippen LogP contribution in [0.2, 0.25) is 0 Å². The first-order valence-corrected chi connectivity index (χ1v) is 13.9. The first kappa shape index (κ1) is 22.9. The number of benzene rings is 2. The van der Waals surface area contributed by atoms with E-state index in [1.807, 2.05) is 4.90 Å². The van der Waals surface area contributed by atoms with Crippen LogP contribution in [0.1, 0.15) is 61.8 Å². The third-order valence-corrected chi connectivity index (χ3v) is 9.76. The molecule has 2 aliphatic heterocycles. The number of alkyl halides is 2. The first-order chi connectivity index (χ1) is 17.5. The molecule has 8 rings (SSSR count). The molecule has 0 aromatic heterocycles. The van der Waals surface area contributed by atoms with Gasteiger partial charge in [-0.15, -0.1) is 0 Å². The van der Waals surface area contributed by atoms with Gasteiger partial charge < -0.3 is 5.32 Å². The second-order valence-corrected chi connectivity index (χ2v) is 12.1. The van der Waals surface area contributed by atoms with Crippen molar-refractivity contribution in [2.24, 2.45) is 5.92 Å². The van der Waals surface area contributed by atoms with E-state index in [0.717, 1.165) is 24.4 Å². The van der Waals surface area contributed by atoms with Crippen molar-refractivity contribution in [2.45, 2.75) is 75.3 Å². The van der Waals surface area contributed by atoms with E-state index in [1.54, 1.807) is 11.1 Å². The molecule has 0 unspecified atom stereocenters. The largest absolute Gasteiger partial charge is 0.378 e. The third-order valence-electron chi connectivity index (χ3n) is 9.76. The number of rotatable bonds is 7. The summed E-state index contributed by atoms with van der Waals surface area (Å²) in [5.41, 5.74) is 8.86. The standard InChI is InChI=1S/C31H37F2N3/c1-20-13-26-25-6-3-2-5-23(25)14-27(26)30(36(20)31-15-21(16-31)17-31)22-7-9-24(10-8-22)34-29-19-35(12-4-11-32)18-28(29)33/h2-3,5-10,20-21,28-30,34H,4,11-19H2,1H3/t20-,21?,28-,29-,30-,31?/m1/s1. The molecule has 6 aliphatic rings. The van der Waals surface area contributed by atoms with Crippen LogP contribution in [0.3, 0.4) is 0 Å². The van der Waals surface area contributed by atoms with E-state index in [2.05, 4.69) is 65.7 Å². The van der Waals surface area contributed by atoms with Crippen molar-refractivity contribution in [3.05, 3.63) is 70.8 Å². The number of halogens is 2. The van der Waals surface area contributed by atoms with Crippen LogP contribution in [-0.2, 0) is 6.42 Å². The van der Waals surface area contributed by atoms with Gasteiger partial charge in [0.2, 0.25) is 0 Å². The lowest BCUT2D eigenvalue weighted by molar-refractivity contribution is -0.173. The van der Waals surface area contributed by atoms with E-state index < -0.39 is 6.17 Å². The van der Waals surface area contributed by atoms with Crippen molar-refractivity contribution >= 4 is 11.3 Å². The van der Waals surface area contributed by atoms with Gasteiger partial charge in [0, 0.05) is 36.9 Å². The summed E-state index contributed by atoms with van der Waals surface area (Å²) in [6.07, 6.45) is 5.85. The van der Waals surface area contributed by atoms with Gasteiger partial charge in [0.25, 0.3) is 0 Å². The quantitative estimate of drug-likeness (QED) is 0.501. The zero-order valence-corrected chi connectivity index (χ0v) is 21.2. The molecule has 2 aromatic carbocycles. The normalized spacial score (nSPS) is 35.2. The molecule has 2 bridgehead atoms. The molecule has 1 saturated heterocycles. The molecule has 5 heteroatoms. The lowest BCUT2D eigenvalue weighted by atomic mass is 9.48.